The smallest absolute Gasteiger partial charge is 0.407 e. The van der Waals surface area contributed by atoms with Gasteiger partial charge in [-0.3, -0.25) is 4.79 Å². The Bertz CT molecular complexity index is 720. The van der Waals surface area contributed by atoms with Crippen molar-refractivity contribution >= 4 is 12.0 Å². The maximum Gasteiger partial charge on any atom is 0.407 e. The summed E-state index contributed by atoms with van der Waals surface area (Å²) in [4.78, 5) is 26.7. The topological polar surface area (TPSA) is 77.1 Å². The number of methoxy groups -OCH3 is 1. The summed E-state index contributed by atoms with van der Waals surface area (Å²) < 4.78 is 29.9. The van der Waals surface area contributed by atoms with Gasteiger partial charge in [0.15, 0.2) is 6.61 Å². The van der Waals surface area contributed by atoms with Crippen molar-refractivity contribution in [2.75, 3.05) is 26.9 Å². The van der Waals surface area contributed by atoms with Gasteiger partial charge in [0.1, 0.15) is 17.2 Å². The minimum Gasteiger partial charge on any atom is -0.483 e. The van der Waals surface area contributed by atoms with E-state index in [0.29, 0.717) is 24.3 Å². The van der Waals surface area contributed by atoms with Gasteiger partial charge in [-0.25, -0.2) is 9.18 Å². The number of ether oxygens (including phenoxy) is 3. The second kappa shape index (κ2) is 9.91. The van der Waals surface area contributed by atoms with Gasteiger partial charge in [-0.2, -0.15) is 0 Å². The highest BCUT2D eigenvalue weighted by molar-refractivity contribution is 5.78. The number of alkyl carbamates (subject to hydrolysis) is 1. The SMILES string of the molecule is COC[C@H]1[C@@H](NC(=O)OC(C)(C)C)CCCN1C(=O)COc1cccc(F)c1C. The number of likely N-dealkylation sites (tertiary alicyclic amines) is 1. The molecule has 1 N–H and O–H groups in total. The van der Waals surface area contributed by atoms with Crippen molar-refractivity contribution in [2.24, 2.45) is 0 Å². The molecule has 0 unspecified atom stereocenters. The van der Waals surface area contributed by atoms with E-state index in [0.717, 1.165) is 6.42 Å². The third-order valence-electron chi connectivity index (χ3n) is 4.71. The average molecular weight is 410 g/mol. The zero-order chi connectivity index (χ0) is 21.6. The number of amides is 2. The Morgan fingerprint density at radius 3 is 2.69 bits per heavy atom. The van der Waals surface area contributed by atoms with Crippen LogP contribution in [0.15, 0.2) is 18.2 Å². The fraction of sp³-hybridized carbons (Fsp3) is 0.619. The zero-order valence-corrected chi connectivity index (χ0v) is 17.8. The molecular formula is C21H31FN2O5. The molecule has 8 heteroatoms. The van der Waals surface area contributed by atoms with E-state index >= 15 is 0 Å². The average Bonchev–Trinajstić information content (AvgIpc) is 2.62. The van der Waals surface area contributed by atoms with Crippen LogP contribution in [0.5, 0.6) is 5.75 Å². The van der Waals surface area contributed by atoms with Gasteiger partial charge in [0.2, 0.25) is 0 Å². The van der Waals surface area contributed by atoms with Crippen LogP contribution in [-0.2, 0) is 14.3 Å². The third-order valence-corrected chi connectivity index (χ3v) is 4.71. The van der Waals surface area contributed by atoms with E-state index < -0.39 is 11.7 Å². The maximum atomic E-state index is 13.7. The number of benzene rings is 1. The summed E-state index contributed by atoms with van der Waals surface area (Å²) in [5.41, 5.74) is -0.251. The Hall–Kier alpha value is -2.35. The molecule has 1 fully saturated rings. The van der Waals surface area contributed by atoms with Crippen LogP contribution in [0.1, 0.15) is 39.2 Å². The number of halogens is 1. The Morgan fingerprint density at radius 1 is 1.31 bits per heavy atom. The lowest BCUT2D eigenvalue weighted by atomic mass is 9.96. The molecule has 2 atom stereocenters. The Balaban J connectivity index is 2.04. The molecule has 0 aromatic heterocycles. The fourth-order valence-electron chi connectivity index (χ4n) is 3.34. The first-order chi connectivity index (χ1) is 13.6. The van der Waals surface area contributed by atoms with Crippen LogP contribution in [-0.4, -0.2) is 61.5 Å². The summed E-state index contributed by atoms with van der Waals surface area (Å²) in [6, 6.07) is 3.87. The van der Waals surface area contributed by atoms with Crippen molar-refractivity contribution in [3.63, 3.8) is 0 Å². The van der Waals surface area contributed by atoms with Gasteiger partial charge in [0.25, 0.3) is 5.91 Å². The van der Waals surface area contributed by atoms with Crippen LogP contribution in [0, 0.1) is 12.7 Å². The molecule has 29 heavy (non-hydrogen) atoms. The van der Waals surface area contributed by atoms with Crippen molar-refractivity contribution < 1.29 is 28.2 Å². The third kappa shape index (κ3) is 6.59. The van der Waals surface area contributed by atoms with Gasteiger partial charge in [-0.1, -0.05) is 6.07 Å². The summed E-state index contributed by atoms with van der Waals surface area (Å²) in [7, 11) is 1.55. The second-order valence-corrected chi connectivity index (χ2v) is 8.16. The predicted molar refractivity (Wildman–Crippen MR) is 106 cm³/mol. The molecule has 0 radical (unpaired) electrons. The molecule has 0 saturated carbocycles. The van der Waals surface area contributed by atoms with Crippen molar-refractivity contribution in [1.82, 2.24) is 10.2 Å². The first-order valence-electron chi connectivity index (χ1n) is 9.78. The van der Waals surface area contributed by atoms with Crippen molar-refractivity contribution in [3.05, 3.63) is 29.6 Å². The van der Waals surface area contributed by atoms with Gasteiger partial charge in [-0.15, -0.1) is 0 Å². The normalized spacial score (nSPS) is 19.6. The maximum absolute atomic E-state index is 13.7. The summed E-state index contributed by atoms with van der Waals surface area (Å²) >= 11 is 0. The monoisotopic (exact) mass is 410 g/mol. The lowest BCUT2D eigenvalue weighted by Crippen LogP contribution is -2.59. The van der Waals surface area contributed by atoms with Gasteiger partial charge >= 0.3 is 6.09 Å². The Labute approximate surface area is 171 Å². The van der Waals surface area contributed by atoms with Crippen molar-refractivity contribution in [2.45, 2.75) is 58.2 Å². The number of hydrogen-bond acceptors (Lipinski definition) is 5. The number of hydrogen-bond donors (Lipinski definition) is 1. The minimum absolute atomic E-state index is 0.219. The van der Waals surface area contributed by atoms with Crippen molar-refractivity contribution in [1.29, 1.82) is 0 Å². The molecule has 0 aliphatic carbocycles. The van der Waals surface area contributed by atoms with Crippen LogP contribution >= 0.6 is 0 Å². The van der Waals surface area contributed by atoms with Crippen LogP contribution < -0.4 is 10.1 Å². The predicted octanol–water partition coefficient (Wildman–Crippen LogP) is 3.04. The summed E-state index contributed by atoms with van der Waals surface area (Å²) in [6.45, 7) is 7.56. The molecule has 1 heterocycles. The Kier molecular flexibility index (Phi) is 7.84. The standard InChI is InChI=1S/C21H31FN2O5/c1-14-15(22)8-6-10-18(14)28-13-19(25)24-11-7-9-16(17(24)12-27-5)23-20(26)29-21(2,3)4/h6,8,10,16-17H,7,9,11-13H2,1-5H3,(H,23,26)/t16-,17-/m0/s1. The molecule has 7 nitrogen and oxygen atoms in total. The largest absolute Gasteiger partial charge is 0.483 e. The van der Waals surface area contributed by atoms with Crippen LogP contribution in [0.3, 0.4) is 0 Å². The molecule has 1 aromatic rings. The van der Waals surface area contributed by atoms with E-state index in [1.165, 1.54) is 12.1 Å². The number of piperidine rings is 1. The molecule has 0 bridgehead atoms. The quantitative estimate of drug-likeness (QED) is 0.780. The molecule has 1 aliphatic heterocycles. The highest BCUT2D eigenvalue weighted by Gasteiger charge is 2.36. The molecule has 2 rings (SSSR count). The first-order valence-corrected chi connectivity index (χ1v) is 9.78. The lowest BCUT2D eigenvalue weighted by molar-refractivity contribution is -0.139. The molecule has 0 spiro atoms. The summed E-state index contributed by atoms with van der Waals surface area (Å²) in [5.74, 6) is -0.291. The highest BCUT2D eigenvalue weighted by Crippen LogP contribution is 2.22. The van der Waals surface area contributed by atoms with Gasteiger partial charge in [0.05, 0.1) is 18.7 Å². The first kappa shape index (κ1) is 22.9. The number of nitrogens with zero attached hydrogens (tertiary/aromatic N) is 1. The van der Waals surface area contributed by atoms with E-state index in [-0.39, 0.29) is 37.0 Å². The van der Waals surface area contributed by atoms with E-state index in [9.17, 15) is 14.0 Å². The lowest BCUT2D eigenvalue weighted by Gasteiger charge is -2.41. The molecule has 2 amide bonds. The van der Waals surface area contributed by atoms with E-state index in [4.69, 9.17) is 14.2 Å². The molecule has 1 saturated heterocycles. The molecule has 162 valence electrons. The summed E-state index contributed by atoms with van der Waals surface area (Å²) in [6.07, 6.45) is 0.913. The summed E-state index contributed by atoms with van der Waals surface area (Å²) in [5, 5.41) is 2.86. The zero-order valence-electron chi connectivity index (χ0n) is 17.8. The highest BCUT2D eigenvalue weighted by atomic mass is 19.1. The van der Waals surface area contributed by atoms with E-state index in [2.05, 4.69) is 5.32 Å². The molecular weight excluding hydrogens is 379 g/mol. The van der Waals surface area contributed by atoms with Gasteiger partial charge in [-0.05, 0) is 52.7 Å². The number of carbonyl (C=O) groups excluding carboxylic acids is 2. The minimum atomic E-state index is -0.609. The number of rotatable bonds is 6. The number of carbonyl (C=O) groups is 2. The number of nitrogens with one attached hydrogen (secondary N) is 1. The van der Waals surface area contributed by atoms with E-state index in [1.807, 2.05) is 0 Å². The van der Waals surface area contributed by atoms with Crippen LogP contribution in [0.2, 0.25) is 0 Å². The fourth-order valence-corrected chi connectivity index (χ4v) is 3.34. The second-order valence-electron chi connectivity index (χ2n) is 8.16. The van der Waals surface area contributed by atoms with E-state index in [1.54, 1.807) is 45.8 Å². The van der Waals surface area contributed by atoms with Crippen LogP contribution in [0.25, 0.3) is 0 Å². The molecule has 1 aliphatic rings. The van der Waals surface area contributed by atoms with Gasteiger partial charge in [0, 0.05) is 19.2 Å². The van der Waals surface area contributed by atoms with Crippen LogP contribution in [0.4, 0.5) is 9.18 Å². The molecule has 1 aromatic carbocycles. The Morgan fingerprint density at radius 2 is 2.03 bits per heavy atom. The van der Waals surface area contributed by atoms with Gasteiger partial charge < -0.3 is 24.4 Å². The van der Waals surface area contributed by atoms with Crippen molar-refractivity contribution in [3.8, 4) is 5.75 Å².